The van der Waals surface area contributed by atoms with Crippen molar-refractivity contribution < 1.29 is 10.0 Å². The smallest absolute Gasteiger partial charge is 0.275 e. The minimum absolute atomic E-state index is 0.455. The first kappa shape index (κ1) is 10.1. The Kier molecular flexibility index (Phi) is 2.70. The zero-order valence-corrected chi connectivity index (χ0v) is 9.28. The molecule has 0 aliphatic carbocycles. The van der Waals surface area contributed by atoms with E-state index in [1.165, 1.54) is 0 Å². The topological polar surface area (TPSA) is 49.3 Å². The van der Waals surface area contributed by atoms with Crippen molar-refractivity contribution in [3.05, 3.63) is 46.4 Å². The van der Waals surface area contributed by atoms with Crippen LogP contribution in [0.1, 0.15) is 10.4 Å². The van der Waals surface area contributed by atoms with E-state index in [2.05, 4.69) is 15.9 Å². The number of carbonyl (C=O) groups excluding carboxylic acids is 1. The Hall–Kier alpha value is -1.39. The molecular weight excluding hydrogens is 258 g/mol. The predicted molar refractivity (Wildman–Crippen MR) is 60.9 cm³/mol. The Morgan fingerprint density at radius 2 is 1.80 bits per heavy atom. The van der Waals surface area contributed by atoms with E-state index in [1.807, 2.05) is 24.3 Å². The number of hydrogen-bond acceptors (Lipinski definition) is 2. The minimum Gasteiger partial charge on any atom is -0.288 e. The summed E-state index contributed by atoms with van der Waals surface area (Å²) in [5.41, 5.74) is 2.09. The molecule has 2 rings (SSSR count). The summed E-state index contributed by atoms with van der Waals surface area (Å²) in [7, 11) is 0. The summed E-state index contributed by atoms with van der Waals surface area (Å²) in [4.78, 5) is 11.4. The molecule has 1 amide bonds. The van der Waals surface area contributed by atoms with Gasteiger partial charge in [0.25, 0.3) is 5.91 Å². The number of halogens is 1. The van der Waals surface area contributed by atoms with Crippen LogP contribution in [-0.2, 0) is 0 Å². The van der Waals surface area contributed by atoms with Crippen molar-refractivity contribution in [2.45, 2.75) is 0 Å². The first-order chi connectivity index (χ1) is 7.24. The zero-order chi connectivity index (χ0) is 10.8. The van der Waals surface area contributed by atoms with Gasteiger partial charge in [0.1, 0.15) is 0 Å². The van der Waals surface area contributed by atoms with Crippen LogP contribution < -0.4 is 5.48 Å². The van der Waals surface area contributed by atoms with Crippen molar-refractivity contribution in [1.29, 1.82) is 0 Å². The van der Waals surface area contributed by atoms with E-state index in [4.69, 9.17) is 5.21 Å². The molecule has 0 spiro atoms. The number of nitrogens with one attached hydrogen (secondary N) is 1. The maximum absolute atomic E-state index is 11.4. The molecule has 76 valence electrons. The molecule has 3 nitrogen and oxygen atoms in total. The van der Waals surface area contributed by atoms with Gasteiger partial charge >= 0.3 is 0 Å². The molecule has 0 saturated carbocycles. The van der Waals surface area contributed by atoms with E-state index in [0.717, 1.165) is 15.2 Å². The molecule has 0 fully saturated rings. The van der Waals surface area contributed by atoms with Gasteiger partial charge in [0, 0.05) is 10.0 Å². The van der Waals surface area contributed by atoms with Gasteiger partial charge < -0.3 is 0 Å². The molecule has 2 aromatic rings. The van der Waals surface area contributed by atoms with E-state index in [1.54, 1.807) is 17.6 Å². The molecule has 0 bridgehead atoms. The predicted octanol–water partition coefficient (Wildman–Crippen LogP) is 2.72. The van der Waals surface area contributed by atoms with Crippen LogP contribution in [0.15, 0.2) is 40.9 Å². The van der Waals surface area contributed by atoms with Crippen LogP contribution in [0.25, 0.3) is 10.8 Å². The molecule has 0 unspecified atom stereocenters. The van der Waals surface area contributed by atoms with E-state index in [0.29, 0.717) is 5.56 Å². The Labute approximate surface area is 94.8 Å². The number of carbonyl (C=O) groups is 1. The molecule has 15 heavy (non-hydrogen) atoms. The monoisotopic (exact) mass is 265 g/mol. The quantitative estimate of drug-likeness (QED) is 0.616. The molecule has 2 aromatic carbocycles. The summed E-state index contributed by atoms with van der Waals surface area (Å²) in [6.45, 7) is 0. The van der Waals surface area contributed by atoms with Gasteiger partial charge in [-0.3, -0.25) is 10.0 Å². The summed E-state index contributed by atoms with van der Waals surface area (Å²) < 4.78 is 0.924. The number of fused-ring (bicyclic) bond motifs is 1. The molecule has 2 N–H and O–H groups in total. The van der Waals surface area contributed by atoms with Crippen LogP contribution in [0.3, 0.4) is 0 Å². The minimum atomic E-state index is -0.501. The third-order valence-corrected chi connectivity index (χ3v) is 2.91. The van der Waals surface area contributed by atoms with Crippen LogP contribution in [0.5, 0.6) is 0 Å². The molecule has 4 heteroatoms. The first-order valence-corrected chi connectivity index (χ1v) is 5.15. The van der Waals surface area contributed by atoms with Gasteiger partial charge in [-0.15, -0.1) is 0 Å². The lowest BCUT2D eigenvalue weighted by Gasteiger charge is -2.05. The summed E-state index contributed by atoms with van der Waals surface area (Å²) in [5.74, 6) is -0.501. The van der Waals surface area contributed by atoms with E-state index in [9.17, 15) is 4.79 Å². The molecule has 0 saturated heterocycles. The van der Waals surface area contributed by atoms with Crippen molar-refractivity contribution in [3.8, 4) is 0 Å². The maximum atomic E-state index is 11.4. The summed E-state index contributed by atoms with van der Waals surface area (Å²) in [6, 6.07) is 10.9. The lowest BCUT2D eigenvalue weighted by atomic mass is 10.0. The number of amides is 1. The normalized spacial score (nSPS) is 10.3. The maximum Gasteiger partial charge on any atom is 0.275 e. The highest BCUT2D eigenvalue weighted by Gasteiger charge is 2.09. The fourth-order valence-electron chi connectivity index (χ4n) is 1.52. The van der Waals surface area contributed by atoms with Crippen molar-refractivity contribution >= 4 is 32.6 Å². The molecule has 0 radical (unpaired) electrons. The molecule has 0 atom stereocenters. The van der Waals surface area contributed by atoms with E-state index >= 15 is 0 Å². The SMILES string of the molecule is O=C(NO)c1ccc(Br)c2ccccc12. The standard InChI is InChI=1S/C11H8BrNO2/c12-10-6-5-9(11(14)13-15)7-3-1-2-4-8(7)10/h1-6,15H,(H,13,14). The van der Waals surface area contributed by atoms with Crippen LogP contribution in [-0.4, -0.2) is 11.1 Å². The fraction of sp³-hybridized carbons (Fsp3) is 0. The van der Waals surface area contributed by atoms with E-state index < -0.39 is 5.91 Å². The van der Waals surface area contributed by atoms with Crippen molar-refractivity contribution in [1.82, 2.24) is 5.48 Å². The van der Waals surface area contributed by atoms with Gasteiger partial charge in [0.05, 0.1) is 0 Å². The van der Waals surface area contributed by atoms with Crippen molar-refractivity contribution in [3.63, 3.8) is 0 Å². The molecule has 0 aliphatic heterocycles. The highest BCUT2D eigenvalue weighted by molar-refractivity contribution is 9.10. The Balaban J connectivity index is 2.77. The van der Waals surface area contributed by atoms with Crippen LogP contribution >= 0.6 is 15.9 Å². The molecule has 0 aliphatic rings. The molecule has 0 aromatic heterocycles. The second-order valence-corrected chi connectivity index (χ2v) is 3.94. The van der Waals surface area contributed by atoms with Crippen molar-refractivity contribution in [2.75, 3.05) is 0 Å². The highest BCUT2D eigenvalue weighted by Crippen LogP contribution is 2.26. The molecular formula is C11H8BrNO2. The molecule has 0 heterocycles. The summed E-state index contributed by atoms with van der Waals surface area (Å²) in [6.07, 6.45) is 0. The van der Waals surface area contributed by atoms with Crippen LogP contribution in [0.4, 0.5) is 0 Å². The van der Waals surface area contributed by atoms with Crippen LogP contribution in [0.2, 0.25) is 0 Å². The van der Waals surface area contributed by atoms with Gasteiger partial charge in [0.15, 0.2) is 0 Å². The number of hydrogen-bond donors (Lipinski definition) is 2. The zero-order valence-electron chi connectivity index (χ0n) is 7.70. The number of hydroxylamine groups is 1. The van der Waals surface area contributed by atoms with Gasteiger partial charge in [0.2, 0.25) is 0 Å². The second kappa shape index (κ2) is 4.00. The summed E-state index contributed by atoms with van der Waals surface area (Å²) in [5, 5.41) is 10.4. The van der Waals surface area contributed by atoms with Gasteiger partial charge in [-0.1, -0.05) is 40.2 Å². The van der Waals surface area contributed by atoms with Crippen molar-refractivity contribution in [2.24, 2.45) is 0 Å². The second-order valence-electron chi connectivity index (χ2n) is 3.08. The third kappa shape index (κ3) is 1.73. The van der Waals surface area contributed by atoms with Crippen LogP contribution in [0, 0.1) is 0 Å². The third-order valence-electron chi connectivity index (χ3n) is 2.22. The van der Waals surface area contributed by atoms with Gasteiger partial charge in [-0.05, 0) is 22.9 Å². The lowest BCUT2D eigenvalue weighted by Crippen LogP contribution is -2.18. The average molecular weight is 266 g/mol. The summed E-state index contributed by atoms with van der Waals surface area (Å²) >= 11 is 3.41. The largest absolute Gasteiger partial charge is 0.288 e. The number of benzene rings is 2. The Bertz CT molecular complexity index is 525. The Morgan fingerprint density at radius 1 is 1.13 bits per heavy atom. The van der Waals surface area contributed by atoms with E-state index in [-0.39, 0.29) is 0 Å². The number of rotatable bonds is 1. The average Bonchev–Trinajstić information content (AvgIpc) is 2.29. The lowest BCUT2D eigenvalue weighted by molar-refractivity contribution is 0.0708. The van der Waals surface area contributed by atoms with Gasteiger partial charge in [-0.25, -0.2) is 5.48 Å². The Morgan fingerprint density at radius 3 is 2.47 bits per heavy atom. The first-order valence-electron chi connectivity index (χ1n) is 4.35. The fourth-order valence-corrected chi connectivity index (χ4v) is 2.00. The van der Waals surface area contributed by atoms with Gasteiger partial charge in [-0.2, -0.15) is 0 Å². The highest BCUT2D eigenvalue weighted by atomic mass is 79.9.